The van der Waals surface area contributed by atoms with E-state index in [2.05, 4.69) is 5.32 Å². The summed E-state index contributed by atoms with van der Waals surface area (Å²) in [7, 11) is 0. The monoisotopic (exact) mass is 215 g/mol. The van der Waals surface area contributed by atoms with Gasteiger partial charge >= 0.3 is 0 Å². The van der Waals surface area contributed by atoms with Crippen LogP contribution in [0.5, 0.6) is 5.75 Å². The van der Waals surface area contributed by atoms with Crippen molar-refractivity contribution in [3.05, 3.63) is 29.6 Å². The molecule has 1 saturated heterocycles. The number of halogens is 2. The molecule has 2 aliphatic heterocycles. The molecule has 2 aliphatic rings. The van der Waals surface area contributed by atoms with Crippen LogP contribution in [0.3, 0.4) is 0 Å². The smallest absolute Gasteiger partial charge is 0.138 e. The molecule has 0 atom stereocenters. The maximum Gasteiger partial charge on any atom is 0.138 e. The second-order valence-electron chi connectivity index (χ2n) is 3.82. The molecule has 0 unspecified atom stereocenters. The van der Waals surface area contributed by atoms with Crippen LogP contribution in [0.15, 0.2) is 18.2 Å². The minimum Gasteiger partial charge on any atom is -0.484 e. The van der Waals surface area contributed by atoms with Gasteiger partial charge in [0.15, 0.2) is 0 Å². The maximum absolute atomic E-state index is 12.9. The highest BCUT2D eigenvalue weighted by Gasteiger charge is 2.44. The van der Waals surface area contributed by atoms with E-state index in [0.717, 1.165) is 30.8 Å². The summed E-state index contributed by atoms with van der Waals surface area (Å²) in [5.41, 5.74) is 0.942. The molecule has 1 fully saturated rings. The van der Waals surface area contributed by atoms with Crippen LogP contribution in [0.2, 0.25) is 0 Å². The van der Waals surface area contributed by atoms with Gasteiger partial charge in [0.2, 0.25) is 0 Å². The van der Waals surface area contributed by atoms with Crippen molar-refractivity contribution in [2.75, 3.05) is 13.1 Å². The van der Waals surface area contributed by atoms with Crippen LogP contribution < -0.4 is 10.1 Å². The fourth-order valence-electron chi connectivity index (χ4n) is 2.00. The molecular weight excluding hydrogens is 205 g/mol. The second-order valence-corrected chi connectivity index (χ2v) is 3.82. The molecule has 1 aromatic carbocycles. The predicted molar refractivity (Wildman–Crippen MR) is 53.6 cm³/mol. The SMILES string of the molecule is Cl.Fc1ccc2c(c1)CC1(CNC1)O2. The highest BCUT2D eigenvalue weighted by molar-refractivity contribution is 5.85. The van der Waals surface area contributed by atoms with Crippen molar-refractivity contribution < 1.29 is 9.13 Å². The van der Waals surface area contributed by atoms with E-state index in [-0.39, 0.29) is 23.8 Å². The van der Waals surface area contributed by atoms with Crippen molar-refractivity contribution in [1.82, 2.24) is 5.32 Å². The maximum atomic E-state index is 12.9. The lowest BCUT2D eigenvalue weighted by Crippen LogP contribution is -2.62. The van der Waals surface area contributed by atoms with Gasteiger partial charge in [-0.1, -0.05) is 0 Å². The topological polar surface area (TPSA) is 21.3 Å². The molecule has 0 aliphatic carbocycles. The fourth-order valence-corrected chi connectivity index (χ4v) is 2.00. The summed E-state index contributed by atoms with van der Waals surface area (Å²) in [5, 5.41) is 3.17. The lowest BCUT2D eigenvalue weighted by molar-refractivity contribution is 0.0386. The van der Waals surface area contributed by atoms with Gasteiger partial charge in [-0.3, -0.25) is 0 Å². The molecule has 0 radical (unpaired) electrons. The molecule has 14 heavy (non-hydrogen) atoms. The molecule has 3 rings (SSSR count). The average molecular weight is 216 g/mol. The average Bonchev–Trinajstić information content (AvgIpc) is 2.41. The number of benzene rings is 1. The summed E-state index contributed by atoms with van der Waals surface area (Å²) in [5.74, 6) is 0.676. The Kier molecular flexibility index (Phi) is 2.16. The van der Waals surface area contributed by atoms with Gasteiger partial charge in [-0.05, 0) is 18.2 Å². The van der Waals surface area contributed by atoms with E-state index < -0.39 is 0 Å². The first-order chi connectivity index (χ1) is 6.27. The largest absolute Gasteiger partial charge is 0.484 e. The number of nitrogens with one attached hydrogen (secondary N) is 1. The van der Waals surface area contributed by atoms with Crippen molar-refractivity contribution in [1.29, 1.82) is 0 Å². The second kappa shape index (κ2) is 3.11. The molecule has 2 heterocycles. The third kappa shape index (κ3) is 1.28. The zero-order chi connectivity index (χ0) is 8.89. The summed E-state index contributed by atoms with van der Waals surface area (Å²) in [6, 6.07) is 4.74. The molecule has 0 aromatic heterocycles. The lowest BCUT2D eigenvalue weighted by atomic mass is 9.91. The highest BCUT2D eigenvalue weighted by atomic mass is 35.5. The summed E-state index contributed by atoms with van der Waals surface area (Å²) in [4.78, 5) is 0. The molecular formula is C10H11ClFNO. The normalized spacial score (nSPS) is 20.6. The van der Waals surface area contributed by atoms with Crippen LogP contribution in [-0.2, 0) is 6.42 Å². The molecule has 76 valence electrons. The van der Waals surface area contributed by atoms with Crippen molar-refractivity contribution in [2.45, 2.75) is 12.0 Å². The minimum atomic E-state index is -0.174. The van der Waals surface area contributed by atoms with Crippen molar-refractivity contribution in [3.8, 4) is 5.75 Å². The molecule has 0 bridgehead atoms. The standard InChI is InChI=1S/C10H10FNO.ClH/c11-8-1-2-9-7(3-8)4-10(13-9)5-12-6-10;/h1-3,12H,4-6H2;1H. The number of ether oxygens (including phenoxy) is 1. The Morgan fingerprint density at radius 3 is 2.79 bits per heavy atom. The van der Waals surface area contributed by atoms with E-state index in [1.807, 2.05) is 0 Å². The minimum absolute atomic E-state index is 0. The van der Waals surface area contributed by atoms with E-state index >= 15 is 0 Å². The van der Waals surface area contributed by atoms with Crippen LogP contribution in [0.25, 0.3) is 0 Å². The Morgan fingerprint density at radius 1 is 1.36 bits per heavy atom. The fraction of sp³-hybridized carbons (Fsp3) is 0.400. The molecule has 4 heteroatoms. The number of fused-ring (bicyclic) bond motifs is 1. The zero-order valence-corrected chi connectivity index (χ0v) is 8.36. The van der Waals surface area contributed by atoms with Crippen LogP contribution in [0, 0.1) is 5.82 Å². The van der Waals surface area contributed by atoms with Crippen LogP contribution >= 0.6 is 12.4 Å². The Balaban J connectivity index is 0.000000750. The summed E-state index contributed by atoms with van der Waals surface area (Å²) >= 11 is 0. The van der Waals surface area contributed by atoms with Gasteiger partial charge in [0.1, 0.15) is 17.2 Å². The first kappa shape index (κ1) is 9.74. The summed E-state index contributed by atoms with van der Waals surface area (Å²) < 4.78 is 18.6. The van der Waals surface area contributed by atoms with Crippen molar-refractivity contribution in [2.24, 2.45) is 0 Å². The van der Waals surface area contributed by atoms with Gasteiger partial charge < -0.3 is 10.1 Å². The molecule has 0 amide bonds. The van der Waals surface area contributed by atoms with E-state index in [0.29, 0.717) is 0 Å². The number of hydrogen-bond acceptors (Lipinski definition) is 2. The van der Waals surface area contributed by atoms with Crippen LogP contribution in [-0.4, -0.2) is 18.7 Å². The zero-order valence-electron chi connectivity index (χ0n) is 7.55. The summed E-state index contributed by atoms with van der Waals surface area (Å²) in [6.45, 7) is 1.76. The third-order valence-electron chi connectivity index (χ3n) is 2.76. The highest BCUT2D eigenvalue weighted by Crippen LogP contribution is 2.37. The molecule has 1 aromatic rings. The van der Waals surface area contributed by atoms with E-state index in [1.54, 1.807) is 12.1 Å². The van der Waals surface area contributed by atoms with Crippen LogP contribution in [0.4, 0.5) is 4.39 Å². The molecule has 0 saturated carbocycles. The van der Waals surface area contributed by atoms with Crippen molar-refractivity contribution in [3.63, 3.8) is 0 Å². The molecule has 2 nitrogen and oxygen atoms in total. The molecule has 1 spiro atoms. The van der Waals surface area contributed by atoms with Crippen molar-refractivity contribution >= 4 is 12.4 Å². The third-order valence-corrected chi connectivity index (χ3v) is 2.76. The first-order valence-electron chi connectivity index (χ1n) is 4.46. The first-order valence-corrected chi connectivity index (χ1v) is 4.46. The Morgan fingerprint density at radius 2 is 2.14 bits per heavy atom. The van der Waals surface area contributed by atoms with Gasteiger partial charge in [-0.2, -0.15) is 0 Å². The van der Waals surface area contributed by atoms with Gasteiger partial charge in [-0.25, -0.2) is 4.39 Å². The van der Waals surface area contributed by atoms with Gasteiger partial charge in [0, 0.05) is 25.1 Å². The van der Waals surface area contributed by atoms with Gasteiger partial charge in [-0.15, -0.1) is 12.4 Å². The predicted octanol–water partition coefficient (Wildman–Crippen LogP) is 1.52. The van der Waals surface area contributed by atoms with Gasteiger partial charge in [0.25, 0.3) is 0 Å². The van der Waals surface area contributed by atoms with Gasteiger partial charge in [0.05, 0.1) is 0 Å². The quantitative estimate of drug-likeness (QED) is 0.709. The Bertz CT molecular complexity index is 365. The molecule has 1 N–H and O–H groups in total. The number of rotatable bonds is 0. The summed E-state index contributed by atoms with van der Waals surface area (Å²) in [6.07, 6.45) is 0.840. The lowest BCUT2D eigenvalue weighted by Gasteiger charge is -2.38. The van der Waals surface area contributed by atoms with E-state index in [9.17, 15) is 4.39 Å². The number of hydrogen-bond donors (Lipinski definition) is 1. The van der Waals surface area contributed by atoms with E-state index in [4.69, 9.17) is 4.74 Å². The Hall–Kier alpha value is -0.800. The Labute approximate surface area is 87.9 Å². The van der Waals surface area contributed by atoms with E-state index in [1.165, 1.54) is 6.07 Å². The van der Waals surface area contributed by atoms with Crippen LogP contribution in [0.1, 0.15) is 5.56 Å².